The Kier molecular flexibility index (Phi) is 2.13. The Bertz CT molecular complexity index is 432. The Morgan fingerprint density at radius 1 is 1.33 bits per heavy atom. The van der Waals surface area contributed by atoms with Crippen molar-refractivity contribution in [1.82, 2.24) is 9.97 Å². The summed E-state index contributed by atoms with van der Waals surface area (Å²) in [6.07, 6.45) is 0. The largest absolute Gasteiger partial charge is 0.543 e. The van der Waals surface area contributed by atoms with Gasteiger partial charge in [-0.05, 0) is 15.9 Å². The molecule has 0 amide bonds. The number of aromatic carboxylic acids is 1. The zero-order chi connectivity index (χ0) is 9.30. The molecule has 0 unspecified atom stereocenters. The van der Waals surface area contributed by atoms with Crippen LogP contribution in [-0.2, 0) is 0 Å². The molecule has 0 radical (unpaired) electrons. The Hall–Kier alpha value is -1.37. The van der Waals surface area contributed by atoms with Gasteiger partial charge in [-0.3, -0.25) is 9.78 Å². The van der Waals surface area contributed by atoms with Gasteiger partial charge in [0.25, 0.3) is 5.56 Å². The lowest BCUT2D eigenvalue weighted by molar-refractivity contribution is -0.255. The van der Waals surface area contributed by atoms with Crippen molar-refractivity contribution in [2.75, 3.05) is 0 Å². The lowest BCUT2D eigenvalue weighted by Gasteiger charge is -2.01. The van der Waals surface area contributed by atoms with Crippen LogP contribution in [0.15, 0.2) is 14.1 Å². The second-order valence-electron chi connectivity index (χ2n) is 1.88. The molecule has 6 nitrogen and oxygen atoms in total. The first-order valence-corrected chi connectivity index (χ1v) is 3.55. The summed E-state index contributed by atoms with van der Waals surface area (Å²) in [6, 6.07) is 0. The van der Waals surface area contributed by atoms with Crippen molar-refractivity contribution in [2.24, 2.45) is 0 Å². The highest BCUT2D eigenvalue weighted by atomic mass is 79.9. The van der Waals surface area contributed by atoms with E-state index >= 15 is 0 Å². The maximum absolute atomic E-state index is 10.8. The van der Waals surface area contributed by atoms with E-state index in [1.54, 1.807) is 0 Å². The van der Waals surface area contributed by atoms with E-state index in [0.29, 0.717) is 0 Å². The zero-order valence-electron chi connectivity index (χ0n) is 5.51. The van der Waals surface area contributed by atoms with E-state index < -0.39 is 22.9 Å². The summed E-state index contributed by atoms with van der Waals surface area (Å²) in [4.78, 5) is 35.3. The van der Waals surface area contributed by atoms with Crippen LogP contribution in [0, 0.1) is 0 Å². The first kappa shape index (κ1) is 8.72. The average Bonchev–Trinajstić information content (AvgIpc) is 1.96. The number of rotatable bonds is 1. The van der Waals surface area contributed by atoms with E-state index in [9.17, 15) is 19.5 Å². The number of nitrogens with one attached hydrogen (secondary N) is 2. The molecule has 64 valence electrons. The van der Waals surface area contributed by atoms with Gasteiger partial charge in [0.1, 0.15) is 4.47 Å². The van der Waals surface area contributed by atoms with Gasteiger partial charge < -0.3 is 14.9 Å². The van der Waals surface area contributed by atoms with Crippen LogP contribution in [0.2, 0.25) is 0 Å². The number of aromatic amines is 2. The van der Waals surface area contributed by atoms with Gasteiger partial charge in [-0.15, -0.1) is 0 Å². The van der Waals surface area contributed by atoms with E-state index in [4.69, 9.17) is 0 Å². The fourth-order valence-corrected chi connectivity index (χ4v) is 0.972. The smallest absolute Gasteiger partial charge is 0.326 e. The molecule has 1 aromatic rings. The molecule has 0 saturated heterocycles. The molecule has 0 aliphatic carbocycles. The van der Waals surface area contributed by atoms with E-state index in [2.05, 4.69) is 15.9 Å². The second-order valence-corrected chi connectivity index (χ2v) is 2.68. The molecule has 0 aliphatic heterocycles. The number of carboxylic acids is 1. The average molecular weight is 234 g/mol. The number of halogens is 1. The molecule has 1 heterocycles. The third-order valence-corrected chi connectivity index (χ3v) is 1.85. The number of carbonyl (C=O) groups excluding carboxylic acids is 1. The monoisotopic (exact) mass is 233 g/mol. The number of carboxylic acid groups (broad SMARTS) is 1. The highest BCUT2D eigenvalue weighted by Crippen LogP contribution is 2.03. The molecule has 0 fully saturated rings. The van der Waals surface area contributed by atoms with Gasteiger partial charge in [0.05, 0.1) is 11.7 Å². The van der Waals surface area contributed by atoms with Crippen molar-refractivity contribution in [2.45, 2.75) is 0 Å². The van der Waals surface area contributed by atoms with E-state index in [1.807, 2.05) is 9.97 Å². The van der Waals surface area contributed by atoms with Crippen molar-refractivity contribution >= 4 is 21.9 Å². The third-order valence-electron chi connectivity index (χ3n) is 1.09. The molecule has 1 rings (SSSR count). The maximum atomic E-state index is 10.8. The van der Waals surface area contributed by atoms with Gasteiger partial charge in [-0.1, -0.05) is 0 Å². The standard InChI is InChI=1S/C5H3BrN2O4/c6-1-2(4(10)11)7-5(12)8-3(1)9/h(H,10,11)(H2,7,8,9,12)/p-1. The number of hydrogen-bond acceptors (Lipinski definition) is 4. The molecule has 2 N–H and O–H groups in total. The second kappa shape index (κ2) is 2.94. The van der Waals surface area contributed by atoms with Crippen LogP contribution >= 0.6 is 15.9 Å². The molecule has 0 saturated carbocycles. The Labute approximate surface area is 73.4 Å². The Morgan fingerprint density at radius 2 is 1.92 bits per heavy atom. The van der Waals surface area contributed by atoms with Crippen LogP contribution in [0.5, 0.6) is 0 Å². The minimum absolute atomic E-state index is 0.262. The van der Waals surface area contributed by atoms with Gasteiger partial charge in [-0.25, -0.2) is 4.79 Å². The first-order chi connectivity index (χ1) is 5.52. The normalized spacial score (nSPS) is 9.75. The van der Waals surface area contributed by atoms with Gasteiger partial charge in [0.15, 0.2) is 0 Å². The number of aromatic nitrogens is 2. The van der Waals surface area contributed by atoms with E-state index in [0.717, 1.165) is 0 Å². The highest BCUT2D eigenvalue weighted by molar-refractivity contribution is 9.10. The molecule has 0 aromatic carbocycles. The molecule has 0 bridgehead atoms. The molecule has 1 aromatic heterocycles. The number of carbonyl (C=O) groups is 1. The van der Waals surface area contributed by atoms with Gasteiger partial charge >= 0.3 is 5.69 Å². The Balaban J connectivity index is 3.59. The molecule has 0 spiro atoms. The zero-order valence-corrected chi connectivity index (χ0v) is 7.10. The summed E-state index contributed by atoms with van der Waals surface area (Å²) in [5.74, 6) is -1.62. The van der Waals surface area contributed by atoms with Crippen LogP contribution < -0.4 is 16.4 Å². The van der Waals surface area contributed by atoms with Crippen molar-refractivity contribution in [3.63, 3.8) is 0 Å². The summed E-state index contributed by atoms with van der Waals surface area (Å²) in [6.45, 7) is 0. The first-order valence-electron chi connectivity index (χ1n) is 2.76. The van der Waals surface area contributed by atoms with Gasteiger partial charge in [0.2, 0.25) is 0 Å². The van der Waals surface area contributed by atoms with Crippen molar-refractivity contribution in [3.05, 3.63) is 31.0 Å². The summed E-state index contributed by atoms with van der Waals surface area (Å²) < 4.78 is -0.262. The lowest BCUT2D eigenvalue weighted by atomic mass is 10.4. The molecular weight excluding hydrogens is 232 g/mol. The maximum Gasteiger partial charge on any atom is 0.326 e. The number of hydrogen-bond donors (Lipinski definition) is 2. The minimum Gasteiger partial charge on any atom is -0.543 e. The molecule has 0 aliphatic rings. The molecular formula is C5H2BrN2O4-. The topological polar surface area (TPSA) is 106 Å². The van der Waals surface area contributed by atoms with Crippen LogP contribution in [0.3, 0.4) is 0 Å². The predicted molar refractivity (Wildman–Crippen MR) is 39.7 cm³/mol. The minimum atomic E-state index is -1.62. The molecule has 7 heteroatoms. The van der Waals surface area contributed by atoms with Gasteiger partial charge in [-0.2, -0.15) is 0 Å². The van der Waals surface area contributed by atoms with Crippen LogP contribution in [0.4, 0.5) is 0 Å². The predicted octanol–water partition coefficient (Wildman–Crippen LogP) is -1.81. The van der Waals surface area contributed by atoms with Crippen LogP contribution in [0.1, 0.15) is 10.5 Å². The Morgan fingerprint density at radius 3 is 2.42 bits per heavy atom. The number of H-pyrrole nitrogens is 2. The molecule has 12 heavy (non-hydrogen) atoms. The fourth-order valence-electron chi connectivity index (χ4n) is 0.612. The lowest BCUT2D eigenvalue weighted by Crippen LogP contribution is -2.32. The summed E-state index contributed by atoms with van der Waals surface area (Å²) >= 11 is 2.68. The summed E-state index contributed by atoms with van der Waals surface area (Å²) in [7, 11) is 0. The summed E-state index contributed by atoms with van der Waals surface area (Å²) in [5.41, 5.74) is -2.26. The van der Waals surface area contributed by atoms with Crippen molar-refractivity contribution < 1.29 is 9.90 Å². The highest BCUT2D eigenvalue weighted by Gasteiger charge is 2.05. The van der Waals surface area contributed by atoms with Crippen LogP contribution in [-0.4, -0.2) is 15.9 Å². The van der Waals surface area contributed by atoms with Crippen molar-refractivity contribution in [3.8, 4) is 0 Å². The molecule has 0 atom stereocenters. The van der Waals surface area contributed by atoms with Gasteiger partial charge in [0, 0.05) is 0 Å². The van der Waals surface area contributed by atoms with E-state index in [-0.39, 0.29) is 4.47 Å². The van der Waals surface area contributed by atoms with Crippen LogP contribution in [0.25, 0.3) is 0 Å². The fraction of sp³-hybridized carbons (Fsp3) is 0. The quantitative estimate of drug-likeness (QED) is 0.597. The third kappa shape index (κ3) is 1.45. The van der Waals surface area contributed by atoms with Crippen molar-refractivity contribution in [1.29, 1.82) is 0 Å². The summed E-state index contributed by atoms with van der Waals surface area (Å²) in [5, 5.41) is 10.3. The SMILES string of the molecule is O=C([O-])c1[nH]c(=O)[nH]c(=O)c1Br. The van der Waals surface area contributed by atoms with E-state index in [1.165, 1.54) is 0 Å².